The number of aliphatic carboxylic acids is 1. The number of rotatable bonds is 4. The molecule has 0 spiro atoms. The zero-order valence-electron chi connectivity index (χ0n) is 10.4. The van der Waals surface area contributed by atoms with Crippen LogP contribution in [0.1, 0.15) is 26.7 Å². The molecule has 0 fully saturated rings. The van der Waals surface area contributed by atoms with E-state index in [0.29, 0.717) is 13.1 Å². The van der Waals surface area contributed by atoms with E-state index in [-0.39, 0.29) is 25.0 Å². The van der Waals surface area contributed by atoms with Gasteiger partial charge in [0.2, 0.25) is 0 Å². The van der Waals surface area contributed by atoms with Gasteiger partial charge in [-0.15, -0.1) is 0 Å². The summed E-state index contributed by atoms with van der Waals surface area (Å²) < 4.78 is 0. The maximum absolute atomic E-state index is 12.2. The third-order valence-corrected chi connectivity index (χ3v) is 2.76. The molecule has 5 heteroatoms. The number of amides is 2. The average molecular weight is 240 g/mol. The van der Waals surface area contributed by atoms with Gasteiger partial charge in [0, 0.05) is 25.7 Å². The van der Waals surface area contributed by atoms with Crippen LogP contribution in [0.2, 0.25) is 0 Å². The van der Waals surface area contributed by atoms with Gasteiger partial charge in [0.25, 0.3) is 0 Å². The predicted molar refractivity (Wildman–Crippen MR) is 64.8 cm³/mol. The SMILES string of the molecule is CC(C)N(CCC(=O)O)C(=O)N1CC=CCC1. The molecule has 0 aromatic heterocycles. The highest BCUT2D eigenvalue weighted by Crippen LogP contribution is 2.09. The summed E-state index contributed by atoms with van der Waals surface area (Å²) in [6.07, 6.45) is 4.89. The Bertz CT molecular complexity index is 313. The zero-order chi connectivity index (χ0) is 12.8. The molecular formula is C12H20N2O3. The number of urea groups is 1. The topological polar surface area (TPSA) is 60.9 Å². The van der Waals surface area contributed by atoms with Crippen LogP contribution in [-0.4, -0.2) is 52.6 Å². The Morgan fingerprint density at radius 2 is 2.12 bits per heavy atom. The summed E-state index contributed by atoms with van der Waals surface area (Å²) in [6, 6.07) is -0.0432. The first-order chi connectivity index (χ1) is 8.02. The van der Waals surface area contributed by atoms with Crippen molar-refractivity contribution in [2.75, 3.05) is 19.6 Å². The highest BCUT2D eigenvalue weighted by Gasteiger charge is 2.23. The Balaban J connectivity index is 2.59. The standard InChI is InChI=1S/C12H20N2O3/c1-10(2)14(9-6-11(15)16)12(17)13-7-4-3-5-8-13/h3-4,10H,5-9H2,1-2H3,(H,15,16). The van der Waals surface area contributed by atoms with E-state index in [1.807, 2.05) is 19.9 Å². The van der Waals surface area contributed by atoms with Crippen LogP contribution in [0.15, 0.2) is 12.2 Å². The zero-order valence-corrected chi connectivity index (χ0v) is 10.4. The minimum absolute atomic E-state index is 0.00635. The lowest BCUT2D eigenvalue weighted by molar-refractivity contribution is -0.137. The first kappa shape index (κ1) is 13.5. The van der Waals surface area contributed by atoms with Gasteiger partial charge in [-0.05, 0) is 20.3 Å². The molecule has 0 saturated heterocycles. The van der Waals surface area contributed by atoms with Gasteiger partial charge in [-0.3, -0.25) is 4.79 Å². The molecular weight excluding hydrogens is 220 g/mol. The van der Waals surface area contributed by atoms with E-state index in [0.717, 1.165) is 6.42 Å². The van der Waals surface area contributed by atoms with E-state index in [2.05, 4.69) is 6.08 Å². The van der Waals surface area contributed by atoms with Gasteiger partial charge in [-0.2, -0.15) is 0 Å². The lowest BCUT2D eigenvalue weighted by atomic mass is 10.2. The summed E-state index contributed by atoms with van der Waals surface area (Å²) in [5, 5.41) is 8.67. The fourth-order valence-electron chi connectivity index (χ4n) is 1.79. The van der Waals surface area contributed by atoms with Crippen LogP contribution in [0, 0.1) is 0 Å². The van der Waals surface area contributed by atoms with E-state index in [4.69, 9.17) is 5.11 Å². The van der Waals surface area contributed by atoms with Gasteiger partial charge in [0.1, 0.15) is 0 Å². The van der Waals surface area contributed by atoms with Gasteiger partial charge < -0.3 is 14.9 Å². The Kier molecular flexibility index (Phi) is 5.00. The van der Waals surface area contributed by atoms with Gasteiger partial charge in [0.05, 0.1) is 6.42 Å². The van der Waals surface area contributed by atoms with Crippen molar-refractivity contribution in [2.45, 2.75) is 32.7 Å². The van der Waals surface area contributed by atoms with Crippen molar-refractivity contribution in [3.8, 4) is 0 Å². The number of carboxylic acid groups (broad SMARTS) is 1. The second kappa shape index (κ2) is 6.27. The Labute approximate surface area is 102 Å². The highest BCUT2D eigenvalue weighted by molar-refractivity contribution is 5.76. The molecule has 2 amide bonds. The number of hydrogen-bond acceptors (Lipinski definition) is 2. The molecule has 5 nitrogen and oxygen atoms in total. The monoisotopic (exact) mass is 240 g/mol. The highest BCUT2D eigenvalue weighted by atomic mass is 16.4. The van der Waals surface area contributed by atoms with E-state index in [1.165, 1.54) is 0 Å². The summed E-state index contributed by atoms with van der Waals surface area (Å²) in [4.78, 5) is 26.1. The molecule has 1 rings (SSSR count). The molecule has 96 valence electrons. The smallest absolute Gasteiger partial charge is 0.320 e. The minimum Gasteiger partial charge on any atom is -0.481 e. The number of nitrogens with zero attached hydrogens (tertiary/aromatic N) is 2. The lowest BCUT2D eigenvalue weighted by Crippen LogP contribution is -2.48. The van der Waals surface area contributed by atoms with Crippen molar-refractivity contribution in [3.05, 3.63) is 12.2 Å². The molecule has 1 heterocycles. The third kappa shape index (κ3) is 4.09. The van der Waals surface area contributed by atoms with Crippen LogP contribution in [0.4, 0.5) is 4.79 Å². The van der Waals surface area contributed by atoms with Crippen LogP contribution in [-0.2, 0) is 4.79 Å². The van der Waals surface area contributed by atoms with Crippen LogP contribution in [0.5, 0.6) is 0 Å². The normalized spacial score (nSPS) is 15.1. The predicted octanol–water partition coefficient (Wildman–Crippen LogP) is 1.55. The molecule has 0 aromatic carbocycles. The first-order valence-electron chi connectivity index (χ1n) is 5.94. The van der Waals surface area contributed by atoms with E-state index < -0.39 is 5.97 Å². The van der Waals surface area contributed by atoms with Gasteiger partial charge >= 0.3 is 12.0 Å². The molecule has 0 radical (unpaired) electrons. The molecule has 0 saturated carbocycles. The molecule has 0 unspecified atom stereocenters. The third-order valence-electron chi connectivity index (χ3n) is 2.76. The van der Waals surface area contributed by atoms with Crippen molar-refractivity contribution in [1.29, 1.82) is 0 Å². The molecule has 0 aromatic rings. The summed E-state index contributed by atoms with van der Waals surface area (Å²) in [6.45, 7) is 5.41. The lowest BCUT2D eigenvalue weighted by Gasteiger charge is -2.33. The summed E-state index contributed by atoms with van der Waals surface area (Å²) in [7, 11) is 0. The van der Waals surface area contributed by atoms with Crippen LogP contribution in [0.25, 0.3) is 0 Å². The Morgan fingerprint density at radius 3 is 2.59 bits per heavy atom. The van der Waals surface area contributed by atoms with Crippen molar-refractivity contribution < 1.29 is 14.7 Å². The van der Waals surface area contributed by atoms with Gasteiger partial charge in [-0.1, -0.05) is 12.2 Å². The van der Waals surface area contributed by atoms with Crippen molar-refractivity contribution in [2.24, 2.45) is 0 Å². The van der Waals surface area contributed by atoms with E-state index in [9.17, 15) is 9.59 Å². The van der Waals surface area contributed by atoms with E-state index >= 15 is 0 Å². The molecule has 17 heavy (non-hydrogen) atoms. The van der Waals surface area contributed by atoms with Crippen molar-refractivity contribution in [3.63, 3.8) is 0 Å². The molecule has 0 atom stereocenters. The maximum atomic E-state index is 12.2. The molecule has 1 aliphatic heterocycles. The molecule has 1 aliphatic rings. The Morgan fingerprint density at radius 1 is 1.41 bits per heavy atom. The summed E-state index contributed by atoms with van der Waals surface area (Å²) in [5.41, 5.74) is 0. The second-order valence-electron chi connectivity index (χ2n) is 4.42. The van der Waals surface area contributed by atoms with Crippen LogP contribution < -0.4 is 0 Å². The Hall–Kier alpha value is -1.52. The van der Waals surface area contributed by atoms with Gasteiger partial charge in [0.15, 0.2) is 0 Å². The average Bonchev–Trinajstić information content (AvgIpc) is 2.29. The quantitative estimate of drug-likeness (QED) is 0.758. The first-order valence-corrected chi connectivity index (χ1v) is 5.94. The van der Waals surface area contributed by atoms with E-state index in [1.54, 1.807) is 9.80 Å². The van der Waals surface area contributed by atoms with Crippen LogP contribution in [0.3, 0.4) is 0 Å². The molecule has 1 N–H and O–H groups in total. The van der Waals surface area contributed by atoms with Crippen molar-refractivity contribution >= 4 is 12.0 Å². The van der Waals surface area contributed by atoms with Gasteiger partial charge in [-0.25, -0.2) is 4.79 Å². The largest absolute Gasteiger partial charge is 0.481 e. The van der Waals surface area contributed by atoms with Crippen molar-refractivity contribution in [1.82, 2.24) is 9.80 Å². The van der Waals surface area contributed by atoms with Crippen LogP contribution >= 0.6 is 0 Å². The summed E-state index contributed by atoms with van der Waals surface area (Å²) in [5.74, 6) is -0.873. The number of carbonyl (C=O) groups excluding carboxylic acids is 1. The fourth-order valence-corrected chi connectivity index (χ4v) is 1.79. The number of hydrogen-bond donors (Lipinski definition) is 1. The summed E-state index contributed by atoms with van der Waals surface area (Å²) >= 11 is 0. The second-order valence-corrected chi connectivity index (χ2v) is 4.42. The maximum Gasteiger partial charge on any atom is 0.320 e. The fraction of sp³-hybridized carbons (Fsp3) is 0.667. The minimum atomic E-state index is -0.873. The molecule has 0 aliphatic carbocycles. The number of carbonyl (C=O) groups is 2. The molecule has 0 bridgehead atoms. The number of carboxylic acids is 1.